The van der Waals surface area contributed by atoms with Gasteiger partial charge < -0.3 is 9.52 Å². The molecule has 1 fully saturated rings. The Hall–Kier alpha value is -1.36. The SMILES string of the molecule is CN(Cc1ncc(-c2ccc(Cl)cc2)o1)CC1CCCC1O. The van der Waals surface area contributed by atoms with Crippen molar-refractivity contribution in [3.63, 3.8) is 0 Å². The van der Waals surface area contributed by atoms with Gasteiger partial charge in [-0.15, -0.1) is 0 Å². The molecule has 5 heteroatoms. The number of oxazole rings is 1. The van der Waals surface area contributed by atoms with E-state index in [2.05, 4.69) is 9.88 Å². The number of aliphatic hydroxyl groups is 1. The summed E-state index contributed by atoms with van der Waals surface area (Å²) in [6, 6.07) is 7.52. The Morgan fingerprint density at radius 3 is 2.77 bits per heavy atom. The van der Waals surface area contributed by atoms with Crippen LogP contribution in [0.4, 0.5) is 0 Å². The standard InChI is InChI=1S/C17H21ClN2O2/c1-20(10-13-3-2-4-15(13)21)11-17-19-9-16(22-17)12-5-7-14(18)8-6-12/h5-9,13,15,21H,2-4,10-11H2,1H3. The molecule has 1 N–H and O–H groups in total. The topological polar surface area (TPSA) is 49.5 Å². The maximum atomic E-state index is 9.90. The molecule has 0 aliphatic heterocycles. The Labute approximate surface area is 135 Å². The third kappa shape index (κ3) is 3.69. The molecule has 0 spiro atoms. The monoisotopic (exact) mass is 320 g/mol. The lowest BCUT2D eigenvalue weighted by Crippen LogP contribution is -2.29. The highest BCUT2D eigenvalue weighted by Gasteiger charge is 2.26. The summed E-state index contributed by atoms with van der Waals surface area (Å²) in [6.07, 6.45) is 4.75. The minimum absolute atomic E-state index is 0.156. The van der Waals surface area contributed by atoms with Crippen LogP contribution in [0.3, 0.4) is 0 Å². The smallest absolute Gasteiger partial charge is 0.209 e. The lowest BCUT2D eigenvalue weighted by molar-refractivity contribution is 0.105. The predicted molar refractivity (Wildman–Crippen MR) is 86.6 cm³/mol. The van der Waals surface area contributed by atoms with Crippen molar-refractivity contribution in [3.05, 3.63) is 41.4 Å². The first-order valence-electron chi connectivity index (χ1n) is 7.69. The molecule has 118 valence electrons. The van der Waals surface area contributed by atoms with E-state index >= 15 is 0 Å². The van der Waals surface area contributed by atoms with Gasteiger partial charge in [-0.3, -0.25) is 4.90 Å². The van der Waals surface area contributed by atoms with Gasteiger partial charge in [0, 0.05) is 17.1 Å². The van der Waals surface area contributed by atoms with Crippen LogP contribution in [0.1, 0.15) is 25.2 Å². The van der Waals surface area contributed by atoms with Crippen molar-refractivity contribution >= 4 is 11.6 Å². The molecular weight excluding hydrogens is 300 g/mol. The maximum absolute atomic E-state index is 9.90. The first-order valence-corrected chi connectivity index (χ1v) is 8.07. The molecule has 1 aliphatic rings. The summed E-state index contributed by atoms with van der Waals surface area (Å²) in [5, 5.41) is 10.6. The molecule has 2 atom stereocenters. The van der Waals surface area contributed by atoms with E-state index in [1.807, 2.05) is 31.3 Å². The molecular formula is C17H21ClN2O2. The van der Waals surface area contributed by atoms with E-state index < -0.39 is 0 Å². The Balaban J connectivity index is 1.60. The molecule has 22 heavy (non-hydrogen) atoms. The molecule has 1 aliphatic carbocycles. The minimum atomic E-state index is -0.156. The van der Waals surface area contributed by atoms with Crippen LogP contribution in [0, 0.1) is 5.92 Å². The van der Waals surface area contributed by atoms with Gasteiger partial charge in [-0.1, -0.05) is 18.0 Å². The molecule has 0 amide bonds. The molecule has 0 saturated heterocycles. The molecule has 3 rings (SSSR count). The summed E-state index contributed by atoms with van der Waals surface area (Å²) in [6.45, 7) is 1.52. The first-order chi connectivity index (χ1) is 10.6. The van der Waals surface area contributed by atoms with Crippen LogP contribution < -0.4 is 0 Å². The van der Waals surface area contributed by atoms with Crippen LogP contribution in [0.25, 0.3) is 11.3 Å². The van der Waals surface area contributed by atoms with Crippen molar-refractivity contribution in [1.82, 2.24) is 9.88 Å². The van der Waals surface area contributed by atoms with E-state index in [9.17, 15) is 5.11 Å². The number of benzene rings is 1. The summed E-state index contributed by atoms with van der Waals surface area (Å²) in [4.78, 5) is 6.51. The van der Waals surface area contributed by atoms with Crippen molar-refractivity contribution in [2.45, 2.75) is 31.9 Å². The molecule has 1 aromatic heterocycles. The van der Waals surface area contributed by atoms with Gasteiger partial charge in [0.1, 0.15) is 0 Å². The first kappa shape index (κ1) is 15.5. The van der Waals surface area contributed by atoms with Crippen LogP contribution in [-0.2, 0) is 6.54 Å². The van der Waals surface area contributed by atoms with Crippen molar-refractivity contribution in [1.29, 1.82) is 0 Å². The Morgan fingerprint density at radius 1 is 1.32 bits per heavy atom. The second-order valence-corrected chi connectivity index (χ2v) is 6.52. The van der Waals surface area contributed by atoms with Gasteiger partial charge in [0.05, 0.1) is 18.8 Å². The highest BCUT2D eigenvalue weighted by atomic mass is 35.5. The van der Waals surface area contributed by atoms with E-state index in [1.165, 1.54) is 0 Å². The molecule has 0 bridgehead atoms. The van der Waals surface area contributed by atoms with Gasteiger partial charge in [0.15, 0.2) is 5.76 Å². The zero-order valence-electron chi connectivity index (χ0n) is 12.7. The number of hydrogen-bond acceptors (Lipinski definition) is 4. The van der Waals surface area contributed by atoms with Crippen molar-refractivity contribution < 1.29 is 9.52 Å². The number of aliphatic hydroxyl groups excluding tert-OH is 1. The summed E-state index contributed by atoms with van der Waals surface area (Å²) in [5.41, 5.74) is 0.969. The van der Waals surface area contributed by atoms with E-state index in [0.29, 0.717) is 23.4 Å². The maximum Gasteiger partial charge on any atom is 0.209 e. The number of hydrogen-bond donors (Lipinski definition) is 1. The number of rotatable bonds is 5. The van der Waals surface area contributed by atoms with Gasteiger partial charge in [-0.05, 0) is 50.1 Å². The van der Waals surface area contributed by atoms with Crippen molar-refractivity contribution in [3.8, 4) is 11.3 Å². The van der Waals surface area contributed by atoms with E-state index in [0.717, 1.165) is 37.1 Å². The zero-order valence-corrected chi connectivity index (χ0v) is 13.5. The molecule has 2 aromatic rings. The van der Waals surface area contributed by atoms with E-state index in [-0.39, 0.29) is 6.10 Å². The van der Waals surface area contributed by atoms with Crippen LogP contribution in [0.5, 0.6) is 0 Å². The van der Waals surface area contributed by atoms with Crippen LogP contribution in [0.2, 0.25) is 5.02 Å². The summed E-state index contributed by atoms with van der Waals surface area (Å²) in [7, 11) is 2.04. The lowest BCUT2D eigenvalue weighted by atomic mass is 10.1. The molecule has 2 unspecified atom stereocenters. The fraction of sp³-hybridized carbons (Fsp3) is 0.471. The highest BCUT2D eigenvalue weighted by Crippen LogP contribution is 2.27. The number of aromatic nitrogens is 1. The quantitative estimate of drug-likeness (QED) is 0.914. The molecule has 1 aromatic carbocycles. The van der Waals surface area contributed by atoms with E-state index in [1.54, 1.807) is 6.20 Å². The van der Waals surface area contributed by atoms with Crippen LogP contribution >= 0.6 is 11.6 Å². The van der Waals surface area contributed by atoms with Gasteiger partial charge in [0.25, 0.3) is 0 Å². The minimum Gasteiger partial charge on any atom is -0.439 e. The summed E-state index contributed by atoms with van der Waals surface area (Å²) >= 11 is 5.89. The normalized spacial score (nSPS) is 21.6. The number of halogens is 1. The van der Waals surface area contributed by atoms with Gasteiger partial charge >= 0.3 is 0 Å². The second kappa shape index (κ2) is 6.82. The average molecular weight is 321 g/mol. The molecule has 1 heterocycles. The van der Waals surface area contributed by atoms with Crippen molar-refractivity contribution in [2.75, 3.05) is 13.6 Å². The van der Waals surface area contributed by atoms with Gasteiger partial charge in [-0.25, -0.2) is 4.98 Å². The molecule has 0 radical (unpaired) electrons. The van der Waals surface area contributed by atoms with Crippen molar-refractivity contribution in [2.24, 2.45) is 5.92 Å². The molecule has 4 nitrogen and oxygen atoms in total. The van der Waals surface area contributed by atoms with Crippen LogP contribution in [-0.4, -0.2) is 34.7 Å². The van der Waals surface area contributed by atoms with Gasteiger partial charge in [0.2, 0.25) is 5.89 Å². The molecule has 1 saturated carbocycles. The summed E-state index contributed by atoms with van der Waals surface area (Å²) < 4.78 is 5.81. The van der Waals surface area contributed by atoms with E-state index in [4.69, 9.17) is 16.0 Å². The Kier molecular flexibility index (Phi) is 4.81. The third-order valence-corrected chi connectivity index (χ3v) is 4.50. The second-order valence-electron chi connectivity index (χ2n) is 6.08. The average Bonchev–Trinajstić information content (AvgIpc) is 3.10. The third-order valence-electron chi connectivity index (χ3n) is 4.25. The summed E-state index contributed by atoms with van der Waals surface area (Å²) in [5.74, 6) is 1.82. The highest BCUT2D eigenvalue weighted by molar-refractivity contribution is 6.30. The number of nitrogens with zero attached hydrogens (tertiary/aromatic N) is 2. The predicted octanol–water partition coefficient (Wildman–Crippen LogP) is 3.59. The Morgan fingerprint density at radius 2 is 2.09 bits per heavy atom. The van der Waals surface area contributed by atoms with Gasteiger partial charge in [-0.2, -0.15) is 0 Å². The lowest BCUT2D eigenvalue weighted by Gasteiger charge is -2.21. The van der Waals surface area contributed by atoms with Crippen LogP contribution in [0.15, 0.2) is 34.9 Å². The largest absolute Gasteiger partial charge is 0.439 e. The fourth-order valence-corrected chi connectivity index (χ4v) is 3.18. The Bertz CT molecular complexity index is 611. The zero-order chi connectivity index (χ0) is 15.5. The fourth-order valence-electron chi connectivity index (χ4n) is 3.06.